The number of amides is 1. The number of rotatable bonds is 2. The summed E-state index contributed by atoms with van der Waals surface area (Å²) >= 11 is 5.89. The van der Waals surface area contributed by atoms with Crippen molar-refractivity contribution in [2.75, 3.05) is 0 Å². The molecule has 0 radical (unpaired) electrons. The number of hydrogen-bond donors (Lipinski definition) is 2. The lowest BCUT2D eigenvalue weighted by Gasteiger charge is -2.07. The summed E-state index contributed by atoms with van der Waals surface area (Å²) in [5, 5.41) is 10.4. The average Bonchev–Trinajstić information content (AvgIpc) is 2.44. The van der Waals surface area contributed by atoms with Crippen LogP contribution in [-0.4, -0.2) is 22.0 Å². The van der Waals surface area contributed by atoms with Crippen LogP contribution >= 0.6 is 11.6 Å². The zero-order valence-electron chi connectivity index (χ0n) is 11.0. The number of aromatic hydroxyl groups is 1. The third kappa shape index (κ3) is 3.70. The van der Waals surface area contributed by atoms with Crippen molar-refractivity contribution in [1.29, 1.82) is 0 Å². The molecule has 1 aromatic carbocycles. The first-order chi connectivity index (χ1) is 9.97. The molecule has 0 unspecified atom stereocenters. The summed E-state index contributed by atoms with van der Waals surface area (Å²) < 4.78 is 0. The SMILES string of the molecule is CC(=O)ONC(=O)c1ncc(-c2cccc(Cl)c2)cc1O. The van der Waals surface area contributed by atoms with Crippen LogP contribution in [0.2, 0.25) is 5.02 Å². The minimum absolute atomic E-state index is 0.248. The van der Waals surface area contributed by atoms with Gasteiger partial charge in [-0.2, -0.15) is 5.48 Å². The lowest BCUT2D eigenvalue weighted by atomic mass is 10.1. The summed E-state index contributed by atoms with van der Waals surface area (Å²) in [7, 11) is 0. The normalized spacial score (nSPS) is 10.0. The summed E-state index contributed by atoms with van der Waals surface area (Å²) in [6.45, 7) is 1.13. The number of carbonyl (C=O) groups is 2. The molecule has 108 valence electrons. The zero-order valence-corrected chi connectivity index (χ0v) is 11.7. The van der Waals surface area contributed by atoms with Gasteiger partial charge in [-0.1, -0.05) is 23.7 Å². The van der Waals surface area contributed by atoms with E-state index < -0.39 is 11.9 Å². The maximum Gasteiger partial charge on any atom is 0.329 e. The molecule has 0 aliphatic heterocycles. The molecule has 0 saturated carbocycles. The molecule has 0 bridgehead atoms. The van der Waals surface area contributed by atoms with Gasteiger partial charge in [0, 0.05) is 23.7 Å². The smallest absolute Gasteiger partial charge is 0.329 e. The molecule has 0 fully saturated rings. The minimum atomic E-state index is -0.819. The molecule has 21 heavy (non-hydrogen) atoms. The standard InChI is InChI=1S/C14H11ClN2O4/c1-8(18)21-17-14(20)13-12(19)6-10(7-16-13)9-3-2-4-11(15)5-9/h2-7,19H,1H3,(H,17,20). The van der Waals surface area contributed by atoms with Crippen LogP contribution in [0, 0.1) is 0 Å². The van der Waals surface area contributed by atoms with E-state index in [0.717, 1.165) is 12.5 Å². The summed E-state index contributed by atoms with van der Waals surface area (Å²) in [6, 6.07) is 8.36. The van der Waals surface area contributed by atoms with Crippen molar-refractivity contribution in [3.8, 4) is 16.9 Å². The van der Waals surface area contributed by atoms with Gasteiger partial charge in [0.1, 0.15) is 5.75 Å². The highest BCUT2D eigenvalue weighted by atomic mass is 35.5. The predicted molar refractivity (Wildman–Crippen MR) is 75.6 cm³/mol. The van der Waals surface area contributed by atoms with Crippen LogP contribution < -0.4 is 5.48 Å². The number of nitrogens with one attached hydrogen (secondary N) is 1. The topological polar surface area (TPSA) is 88.5 Å². The first kappa shape index (κ1) is 14.8. The molecule has 0 saturated heterocycles. The molecule has 6 nitrogen and oxygen atoms in total. The van der Waals surface area contributed by atoms with Crippen LogP contribution in [0.25, 0.3) is 11.1 Å². The van der Waals surface area contributed by atoms with E-state index in [0.29, 0.717) is 10.6 Å². The number of pyridine rings is 1. The van der Waals surface area contributed by atoms with E-state index in [4.69, 9.17) is 11.6 Å². The van der Waals surface area contributed by atoms with E-state index in [1.807, 2.05) is 5.48 Å². The number of carbonyl (C=O) groups excluding carboxylic acids is 2. The first-order valence-electron chi connectivity index (χ1n) is 5.90. The fraction of sp³-hybridized carbons (Fsp3) is 0.0714. The second kappa shape index (κ2) is 6.23. The Bertz CT molecular complexity index is 703. The van der Waals surface area contributed by atoms with Crippen LogP contribution in [0.15, 0.2) is 36.5 Å². The van der Waals surface area contributed by atoms with Gasteiger partial charge in [0.15, 0.2) is 5.69 Å². The second-order valence-electron chi connectivity index (χ2n) is 4.13. The van der Waals surface area contributed by atoms with E-state index >= 15 is 0 Å². The van der Waals surface area contributed by atoms with Crippen LogP contribution in [0.5, 0.6) is 5.75 Å². The zero-order chi connectivity index (χ0) is 15.4. The Morgan fingerprint density at radius 3 is 2.67 bits per heavy atom. The highest BCUT2D eigenvalue weighted by Gasteiger charge is 2.15. The Kier molecular flexibility index (Phi) is 4.39. The summed E-state index contributed by atoms with van der Waals surface area (Å²) in [5.41, 5.74) is 2.97. The highest BCUT2D eigenvalue weighted by Crippen LogP contribution is 2.26. The summed E-state index contributed by atoms with van der Waals surface area (Å²) in [5.74, 6) is -1.84. The fourth-order valence-corrected chi connectivity index (χ4v) is 1.81. The first-order valence-corrected chi connectivity index (χ1v) is 6.28. The molecule has 0 aliphatic rings. The quantitative estimate of drug-likeness (QED) is 0.831. The van der Waals surface area contributed by atoms with Gasteiger partial charge in [-0.3, -0.25) is 9.59 Å². The van der Waals surface area contributed by atoms with E-state index in [2.05, 4.69) is 9.82 Å². The molecule has 7 heteroatoms. The molecule has 0 aliphatic carbocycles. The van der Waals surface area contributed by atoms with Crippen LogP contribution in [0.3, 0.4) is 0 Å². The average molecular weight is 307 g/mol. The molecule has 0 spiro atoms. The van der Waals surface area contributed by atoms with E-state index in [9.17, 15) is 14.7 Å². The van der Waals surface area contributed by atoms with Gasteiger partial charge in [-0.15, -0.1) is 0 Å². The third-order valence-electron chi connectivity index (χ3n) is 2.53. The Hall–Kier alpha value is -2.60. The van der Waals surface area contributed by atoms with Crippen molar-refractivity contribution in [2.24, 2.45) is 0 Å². The summed E-state index contributed by atoms with van der Waals surface area (Å²) in [6.07, 6.45) is 1.41. The van der Waals surface area contributed by atoms with Gasteiger partial charge in [-0.05, 0) is 23.8 Å². The maximum absolute atomic E-state index is 11.6. The minimum Gasteiger partial charge on any atom is -0.505 e. The van der Waals surface area contributed by atoms with Gasteiger partial charge < -0.3 is 9.94 Å². The molecule has 2 aromatic rings. The monoisotopic (exact) mass is 306 g/mol. The van der Waals surface area contributed by atoms with Crippen LogP contribution in [0.1, 0.15) is 17.4 Å². The van der Waals surface area contributed by atoms with Crippen molar-refractivity contribution >= 4 is 23.5 Å². The molecule has 0 atom stereocenters. The van der Waals surface area contributed by atoms with Crippen molar-refractivity contribution in [3.05, 3.63) is 47.2 Å². The maximum atomic E-state index is 11.6. The molecule has 1 aromatic heterocycles. The van der Waals surface area contributed by atoms with Gasteiger partial charge in [-0.25, -0.2) is 4.98 Å². The molecule has 1 heterocycles. The van der Waals surface area contributed by atoms with Gasteiger partial charge in [0.25, 0.3) is 0 Å². The van der Waals surface area contributed by atoms with Crippen molar-refractivity contribution in [1.82, 2.24) is 10.5 Å². The highest BCUT2D eigenvalue weighted by molar-refractivity contribution is 6.30. The van der Waals surface area contributed by atoms with Crippen molar-refractivity contribution in [2.45, 2.75) is 6.92 Å². The number of halogens is 1. The lowest BCUT2D eigenvalue weighted by molar-refractivity contribution is -0.146. The molecular weight excluding hydrogens is 296 g/mol. The molecule has 2 rings (SSSR count). The Morgan fingerprint density at radius 2 is 2.05 bits per heavy atom. The Balaban J connectivity index is 2.25. The summed E-state index contributed by atoms with van der Waals surface area (Å²) in [4.78, 5) is 30.4. The second-order valence-corrected chi connectivity index (χ2v) is 4.56. The van der Waals surface area contributed by atoms with Gasteiger partial charge in [0.2, 0.25) is 0 Å². The van der Waals surface area contributed by atoms with E-state index in [1.165, 1.54) is 12.3 Å². The fourth-order valence-electron chi connectivity index (χ4n) is 1.62. The largest absolute Gasteiger partial charge is 0.505 e. The predicted octanol–water partition coefficient (Wildman–Crippen LogP) is 2.32. The van der Waals surface area contributed by atoms with Crippen molar-refractivity contribution < 1.29 is 19.5 Å². The van der Waals surface area contributed by atoms with Gasteiger partial charge in [0.05, 0.1) is 0 Å². The number of aromatic nitrogens is 1. The van der Waals surface area contributed by atoms with Crippen LogP contribution in [0.4, 0.5) is 0 Å². The lowest BCUT2D eigenvalue weighted by Crippen LogP contribution is -2.26. The molecule has 2 N–H and O–H groups in total. The number of hydroxylamine groups is 1. The number of hydrogen-bond acceptors (Lipinski definition) is 5. The number of nitrogens with zero attached hydrogens (tertiary/aromatic N) is 1. The van der Waals surface area contributed by atoms with Crippen molar-refractivity contribution in [3.63, 3.8) is 0 Å². The van der Waals surface area contributed by atoms with E-state index in [1.54, 1.807) is 24.3 Å². The number of benzene rings is 1. The van der Waals surface area contributed by atoms with E-state index in [-0.39, 0.29) is 11.4 Å². The molecular formula is C14H11ClN2O4. The van der Waals surface area contributed by atoms with Gasteiger partial charge >= 0.3 is 11.9 Å². The third-order valence-corrected chi connectivity index (χ3v) is 2.76. The Morgan fingerprint density at radius 1 is 1.29 bits per heavy atom. The molecule has 1 amide bonds. The Labute approximate surface area is 125 Å². The van der Waals surface area contributed by atoms with Crippen LogP contribution in [-0.2, 0) is 9.63 Å².